The zero-order valence-corrected chi connectivity index (χ0v) is 7.32. The number of halogens is 3. The molecule has 0 aromatic carbocycles. The Morgan fingerprint density at radius 3 is 2.30 bits per heavy atom. The van der Waals surface area contributed by atoms with E-state index in [0.29, 0.717) is 0 Å². The molecule has 0 fully saturated rings. The molecular weight excluding hydrogens is 196 g/mol. The van der Waals surface area contributed by atoms with Crippen molar-refractivity contribution in [3.8, 4) is 0 Å². The lowest BCUT2D eigenvalue weighted by Crippen LogP contribution is -1.86. The van der Waals surface area contributed by atoms with Gasteiger partial charge in [-0.2, -0.15) is 4.99 Å². The minimum atomic E-state index is -0.0504. The summed E-state index contributed by atoms with van der Waals surface area (Å²) >= 11 is 15.8. The molecule has 0 aromatic heterocycles. The molecule has 0 atom stereocenters. The van der Waals surface area contributed by atoms with E-state index < -0.39 is 0 Å². The minimum absolute atomic E-state index is 0.0345. The number of hydrogen-bond donors (Lipinski definition) is 0. The van der Waals surface area contributed by atoms with Crippen molar-refractivity contribution in [1.29, 1.82) is 0 Å². The largest absolute Gasteiger partial charge is 0.260 e. The van der Waals surface area contributed by atoms with E-state index in [0.717, 1.165) is 5.67 Å². The Bertz CT molecular complexity index is 184. The molecule has 6 heteroatoms. The fourth-order valence-corrected chi connectivity index (χ4v) is 0.590. The Morgan fingerprint density at radius 2 is 1.90 bits per heavy atom. The second-order valence-electron chi connectivity index (χ2n) is 1.10. The Kier molecular flexibility index (Phi) is 5.58. The molecule has 0 radical (unpaired) electrons. The van der Waals surface area contributed by atoms with Crippen LogP contribution in [0.25, 0.3) is 0 Å². The molecule has 56 valence electrons. The summed E-state index contributed by atoms with van der Waals surface area (Å²) in [4.78, 5) is 10.4. The summed E-state index contributed by atoms with van der Waals surface area (Å²) in [5, 5.41) is -0.0159. The zero-order chi connectivity index (χ0) is 7.98. The van der Waals surface area contributed by atoms with Crippen molar-refractivity contribution in [2.75, 3.05) is 7.05 Å². The van der Waals surface area contributed by atoms with E-state index in [1.165, 1.54) is 7.05 Å². The van der Waals surface area contributed by atoms with E-state index in [9.17, 15) is 0 Å². The van der Waals surface area contributed by atoms with Crippen LogP contribution in [0, 0.1) is 0 Å². The van der Waals surface area contributed by atoms with Crippen LogP contribution >= 0.6 is 34.8 Å². The third kappa shape index (κ3) is 4.73. The first kappa shape index (κ1) is 9.88. The van der Waals surface area contributed by atoms with Crippen LogP contribution in [-0.4, -0.2) is 23.3 Å². The highest BCUT2D eigenvalue weighted by atomic mass is 35.5. The number of rotatable bonds is 0. The van der Waals surface area contributed by atoms with Crippen molar-refractivity contribution in [3.63, 3.8) is 0 Å². The highest BCUT2D eigenvalue weighted by molar-refractivity contribution is 6.72. The Balaban J connectivity index is 4.16. The van der Waals surface area contributed by atoms with E-state index in [1.54, 1.807) is 0 Å². The highest BCUT2D eigenvalue weighted by Gasteiger charge is 1.89. The van der Waals surface area contributed by atoms with E-state index in [1.807, 2.05) is 0 Å². The third-order valence-corrected chi connectivity index (χ3v) is 1.06. The van der Waals surface area contributed by atoms with Gasteiger partial charge in [0.1, 0.15) is 0 Å². The molecule has 0 aromatic rings. The summed E-state index contributed by atoms with van der Waals surface area (Å²) in [6.45, 7) is 0. The normalized spacial score (nSPS) is 14.8. The van der Waals surface area contributed by atoms with Crippen LogP contribution in [0.2, 0.25) is 0 Å². The monoisotopic (exact) mass is 199 g/mol. The van der Waals surface area contributed by atoms with Gasteiger partial charge in [0, 0.05) is 7.05 Å². The van der Waals surface area contributed by atoms with Gasteiger partial charge >= 0.3 is 0 Å². The Labute approximate surface area is 73.4 Å². The van der Waals surface area contributed by atoms with Gasteiger partial charge < -0.3 is 0 Å². The maximum Gasteiger partial charge on any atom is 0.225 e. The smallest absolute Gasteiger partial charge is 0.225 e. The number of nitrogens with zero attached hydrogens (tertiary/aromatic N) is 3. The molecule has 0 saturated heterocycles. The van der Waals surface area contributed by atoms with Gasteiger partial charge in [0.25, 0.3) is 0 Å². The first-order chi connectivity index (χ1) is 4.70. The zero-order valence-electron chi connectivity index (χ0n) is 5.05. The van der Waals surface area contributed by atoms with E-state index in [2.05, 4.69) is 15.0 Å². The molecule has 0 aliphatic carbocycles. The van der Waals surface area contributed by atoms with Gasteiger partial charge in [-0.25, -0.2) is 4.99 Å². The van der Waals surface area contributed by atoms with Gasteiger partial charge in [-0.15, -0.1) is 0 Å². The maximum atomic E-state index is 5.36. The van der Waals surface area contributed by atoms with Gasteiger partial charge in [0.05, 0.1) is 5.67 Å². The lowest BCUT2D eigenvalue weighted by molar-refractivity contribution is 1.43. The Morgan fingerprint density at radius 1 is 1.30 bits per heavy atom. The molecule has 0 N–H and O–H groups in total. The molecule has 10 heavy (non-hydrogen) atoms. The van der Waals surface area contributed by atoms with Crippen LogP contribution in [0.3, 0.4) is 0 Å². The van der Waals surface area contributed by atoms with Gasteiger partial charge in [0.2, 0.25) is 10.6 Å². The van der Waals surface area contributed by atoms with E-state index in [-0.39, 0.29) is 10.6 Å². The molecule has 0 spiro atoms. The molecule has 3 nitrogen and oxygen atoms in total. The molecule has 0 saturated carbocycles. The molecule has 0 aliphatic rings. The first-order valence-corrected chi connectivity index (χ1v) is 3.39. The maximum absolute atomic E-state index is 5.36. The molecule has 0 rings (SSSR count). The van der Waals surface area contributed by atoms with Crippen molar-refractivity contribution < 1.29 is 0 Å². The lowest BCUT2D eigenvalue weighted by Gasteiger charge is -1.84. The summed E-state index contributed by atoms with van der Waals surface area (Å²) in [6, 6.07) is 0. The summed E-state index contributed by atoms with van der Waals surface area (Å²) in [6.07, 6.45) is 0. The molecule has 0 amide bonds. The van der Waals surface area contributed by atoms with Gasteiger partial charge in [-0.05, 0) is 23.2 Å². The SMILES string of the molecule is C\N=C(Cl)/N=C(Cl)\N=C\Cl. The summed E-state index contributed by atoms with van der Waals surface area (Å²) in [5.41, 5.74) is 0.992. The van der Waals surface area contributed by atoms with Gasteiger partial charge in [0.15, 0.2) is 0 Å². The standard InChI is InChI=1S/C4H4Cl3N3/c1-8-3(6)10-4(7)9-2-5/h2H,1H3/b8-3-,9-2+,10-4-. The second kappa shape index (κ2) is 5.65. The number of amidine groups is 2. The average molecular weight is 200 g/mol. The van der Waals surface area contributed by atoms with Crippen LogP contribution in [0.4, 0.5) is 0 Å². The van der Waals surface area contributed by atoms with Crippen LogP contribution in [0.15, 0.2) is 15.0 Å². The average Bonchev–Trinajstić information content (AvgIpc) is 1.88. The lowest BCUT2D eigenvalue weighted by atomic mass is 11.1. The predicted molar refractivity (Wildman–Crippen MR) is 46.8 cm³/mol. The van der Waals surface area contributed by atoms with E-state index >= 15 is 0 Å². The van der Waals surface area contributed by atoms with Crippen LogP contribution in [-0.2, 0) is 0 Å². The molecule has 0 unspecified atom stereocenters. The van der Waals surface area contributed by atoms with Gasteiger partial charge in [-0.3, -0.25) is 4.99 Å². The van der Waals surface area contributed by atoms with Crippen LogP contribution in [0.1, 0.15) is 0 Å². The Hall–Kier alpha value is -0.120. The molecule has 0 aliphatic heterocycles. The predicted octanol–water partition coefficient (Wildman–Crippen LogP) is 2.07. The molecule has 0 bridgehead atoms. The van der Waals surface area contributed by atoms with Crippen molar-refractivity contribution in [1.82, 2.24) is 0 Å². The van der Waals surface area contributed by atoms with Gasteiger partial charge in [-0.1, -0.05) is 11.6 Å². The highest BCUT2D eigenvalue weighted by Crippen LogP contribution is 1.93. The van der Waals surface area contributed by atoms with Crippen molar-refractivity contribution >= 4 is 51.1 Å². The molecule has 0 heterocycles. The van der Waals surface area contributed by atoms with Crippen molar-refractivity contribution in [2.24, 2.45) is 15.0 Å². The fraction of sp³-hybridized carbons (Fsp3) is 0.250. The van der Waals surface area contributed by atoms with Crippen molar-refractivity contribution in [3.05, 3.63) is 0 Å². The van der Waals surface area contributed by atoms with Crippen LogP contribution < -0.4 is 0 Å². The first-order valence-electron chi connectivity index (χ1n) is 2.20. The molecular formula is C4H4Cl3N3. The second-order valence-corrected chi connectivity index (χ2v) is 1.97. The summed E-state index contributed by atoms with van der Waals surface area (Å²) in [7, 11) is 1.49. The minimum Gasteiger partial charge on any atom is -0.260 e. The number of aliphatic imine (C=N–C) groups is 3. The fourth-order valence-electron chi connectivity index (χ4n) is 0.195. The van der Waals surface area contributed by atoms with E-state index in [4.69, 9.17) is 34.8 Å². The number of hydrogen-bond acceptors (Lipinski definition) is 1. The van der Waals surface area contributed by atoms with Crippen molar-refractivity contribution in [2.45, 2.75) is 0 Å². The quantitative estimate of drug-likeness (QED) is 0.326. The topological polar surface area (TPSA) is 37.1 Å². The third-order valence-electron chi connectivity index (χ3n) is 0.524. The summed E-state index contributed by atoms with van der Waals surface area (Å²) < 4.78 is 0. The summed E-state index contributed by atoms with van der Waals surface area (Å²) in [5.74, 6) is 0. The van der Waals surface area contributed by atoms with Crippen LogP contribution in [0.5, 0.6) is 0 Å².